The normalized spacial score (nSPS) is 11.8. The number of fused-ring (bicyclic) bond motifs is 1. The van der Waals surface area contributed by atoms with Crippen LogP contribution in [0, 0.1) is 11.3 Å². The highest BCUT2D eigenvalue weighted by molar-refractivity contribution is 7.99. The zero-order valence-corrected chi connectivity index (χ0v) is 17.4. The van der Waals surface area contributed by atoms with Crippen LogP contribution < -0.4 is 14.8 Å². The molecule has 2 aromatic carbocycles. The topological polar surface area (TPSA) is 115 Å². The van der Waals surface area contributed by atoms with Crippen molar-refractivity contribution in [2.24, 2.45) is 0 Å². The second-order valence-electron chi connectivity index (χ2n) is 6.43. The molecule has 0 radical (unpaired) electrons. The lowest BCUT2D eigenvalue weighted by Gasteiger charge is -2.18. The van der Waals surface area contributed by atoms with Crippen molar-refractivity contribution in [3.63, 3.8) is 0 Å². The van der Waals surface area contributed by atoms with E-state index < -0.39 is 18.5 Å². The van der Waals surface area contributed by atoms with Crippen molar-refractivity contribution in [3.8, 4) is 17.6 Å². The van der Waals surface area contributed by atoms with Crippen molar-refractivity contribution in [1.82, 2.24) is 0 Å². The van der Waals surface area contributed by atoms with Gasteiger partial charge in [-0.15, -0.1) is 11.8 Å². The summed E-state index contributed by atoms with van der Waals surface area (Å²) in [6, 6.07) is 13.9. The Balaban J connectivity index is 1.43. The minimum Gasteiger partial charge on any atom is -0.486 e. The van der Waals surface area contributed by atoms with E-state index in [0.717, 1.165) is 4.90 Å². The number of nitrogens with zero attached hydrogens (tertiary/aromatic N) is 1. The Labute approximate surface area is 183 Å². The number of hydrogen-bond acceptors (Lipinski definition) is 8. The lowest BCUT2D eigenvalue weighted by atomic mass is 10.1. The smallest absolute Gasteiger partial charge is 0.306 e. The lowest BCUT2D eigenvalue weighted by molar-refractivity contribution is -0.147. The molecule has 1 aliphatic rings. The molecule has 9 heteroatoms. The Kier molecular flexibility index (Phi) is 7.90. The van der Waals surface area contributed by atoms with Crippen LogP contribution in [-0.4, -0.2) is 43.2 Å². The van der Waals surface area contributed by atoms with Crippen molar-refractivity contribution in [1.29, 1.82) is 5.26 Å². The van der Waals surface area contributed by atoms with Gasteiger partial charge in [-0.05, 0) is 30.3 Å². The molecule has 0 spiro atoms. The Morgan fingerprint density at radius 1 is 1.06 bits per heavy atom. The Morgan fingerprint density at radius 3 is 2.65 bits per heavy atom. The van der Waals surface area contributed by atoms with Gasteiger partial charge in [0.05, 0.1) is 23.9 Å². The quantitative estimate of drug-likeness (QED) is 0.359. The van der Waals surface area contributed by atoms with Gasteiger partial charge in [-0.1, -0.05) is 12.1 Å². The van der Waals surface area contributed by atoms with E-state index in [2.05, 4.69) is 5.32 Å². The number of ether oxygens (including phenoxy) is 3. The van der Waals surface area contributed by atoms with Crippen LogP contribution in [0.2, 0.25) is 0 Å². The Hall–Kier alpha value is -3.51. The molecule has 0 saturated carbocycles. The standard InChI is InChI=1S/C22H20N2O6S/c23-9-12-31-20-4-2-1-3-16(20)24-21(26)14-30-22(27)8-6-17(25)15-5-7-18-19(13-15)29-11-10-28-18/h1-5,7,13H,6,8,10-12,14H2,(H,24,26). The highest BCUT2D eigenvalue weighted by atomic mass is 32.2. The third-order valence-corrected chi connectivity index (χ3v) is 5.18. The van der Waals surface area contributed by atoms with Crippen LogP contribution in [-0.2, 0) is 14.3 Å². The van der Waals surface area contributed by atoms with Gasteiger partial charge in [0.15, 0.2) is 23.9 Å². The summed E-state index contributed by atoms with van der Waals surface area (Å²) < 4.78 is 15.8. The predicted octanol–water partition coefficient (Wildman–Crippen LogP) is 3.22. The zero-order chi connectivity index (χ0) is 22.1. The average Bonchev–Trinajstić information content (AvgIpc) is 2.80. The number of esters is 1. The van der Waals surface area contributed by atoms with Gasteiger partial charge in [-0.2, -0.15) is 5.26 Å². The maximum absolute atomic E-state index is 12.3. The zero-order valence-electron chi connectivity index (χ0n) is 16.6. The van der Waals surface area contributed by atoms with E-state index in [1.165, 1.54) is 11.8 Å². The fourth-order valence-electron chi connectivity index (χ4n) is 2.79. The van der Waals surface area contributed by atoms with E-state index in [-0.39, 0.29) is 24.4 Å². The van der Waals surface area contributed by atoms with Crippen molar-refractivity contribution < 1.29 is 28.6 Å². The molecule has 0 atom stereocenters. The molecular weight excluding hydrogens is 420 g/mol. The highest BCUT2D eigenvalue weighted by Crippen LogP contribution is 2.31. The number of ketones is 1. The van der Waals surface area contributed by atoms with Crippen LogP contribution in [0.5, 0.6) is 11.5 Å². The maximum atomic E-state index is 12.3. The molecule has 3 rings (SSSR count). The maximum Gasteiger partial charge on any atom is 0.306 e. The number of anilines is 1. The number of amides is 1. The molecule has 1 amide bonds. The first-order chi connectivity index (χ1) is 15.1. The summed E-state index contributed by atoms with van der Waals surface area (Å²) in [6.07, 6.45) is -0.192. The first-order valence-corrected chi connectivity index (χ1v) is 10.5. The summed E-state index contributed by atoms with van der Waals surface area (Å²) >= 11 is 1.29. The minimum absolute atomic E-state index is 0.0479. The Morgan fingerprint density at radius 2 is 1.84 bits per heavy atom. The van der Waals surface area contributed by atoms with Crippen molar-refractivity contribution >= 4 is 35.1 Å². The number of hydrogen-bond donors (Lipinski definition) is 1. The molecule has 1 N–H and O–H groups in total. The summed E-state index contributed by atoms with van der Waals surface area (Å²) in [6.45, 7) is 0.415. The van der Waals surface area contributed by atoms with Gasteiger partial charge < -0.3 is 19.5 Å². The monoisotopic (exact) mass is 440 g/mol. The summed E-state index contributed by atoms with van der Waals surface area (Å²) in [7, 11) is 0. The SMILES string of the molecule is N#CCSc1ccccc1NC(=O)COC(=O)CCC(=O)c1ccc2c(c1)OCCO2. The molecule has 0 fully saturated rings. The number of thioether (sulfide) groups is 1. The molecule has 1 aliphatic heterocycles. The van der Waals surface area contributed by atoms with Crippen molar-refractivity contribution in [2.75, 3.05) is 30.9 Å². The number of rotatable bonds is 9. The van der Waals surface area contributed by atoms with Gasteiger partial charge in [0.1, 0.15) is 13.2 Å². The molecule has 1 heterocycles. The molecule has 0 bridgehead atoms. The van der Waals surface area contributed by atoms with Crippen LogP contribution in [0.1, 0.15) is 23.2 Å². The van der Waals surface area contributed by atoms with E-state index in [0.29, 0.717) is 36.0 Å². The van der Waals surface area contributed by atoms with Gasteiger partial charge in [-0.3, -0.25) is 14.4 Å². The second kappa shape index (κ2) is 11.0. The van der Waals surface area contributed by atoms with E-state index in [9.17, 15) is 14.4 Å². The van der Waals surface area contributed by atoms with Crippen molar-refractivity contribution in [2.45, 2.75) is 17.7 Å². The fourth-order valence-corrected chi connectivity index (χ4v) is 3.46. The van der Waals surface area contributed by atoms with E-state index in [4.69, 9.17) is 19.5 Å². The summed E-state index contributed by atoms with van der Waals surface area (Å²) in [4.78, 5) is 37.1. The average molecular weight is 440 g/mol. The van der Waals surface area contributed by atoms with Gasteiger partial charge >= 0.3 is 5.97 Å². The molecule has 0 saturated heterocycles. The first kappa shape index (κ1) is 22.2. The number of nitriles is 1. The third-order valence-electron chi connectivity index (χ3n) is 4.24. The predicted molar refractivity (Wildman–Crippen MR) is 113 cm³/mol. The van der Waals surface area contributed by atoms with Crippen LogP contribution in [0.4, 0.5) is 5.69 Å². The highest BCUT2D eigenvalue weighted by Gasteiger charge is 2.17. The molecule has 8 nitrogen and oxygen atoms in total. The summed E-state index contributed by atoms with van der Waals surface area (Å²) in [5, 5.41) is 11.4. The van der Waals surface area contributed by atoms with Crippen LogP contribution in [0.3, 0.4) is 0 Å². The molecule has 160 valence electrons. The van der Waals surface area contributed by atoms with Gasteiger partial charge in [0.25, 0.3) is 5.91 Å². The van der Waals surface area contributed by atoms with E-state index >= 15 is 0 Å². The van der Waals surface area contributed by atoms with Crippen LogP contribution in [0.15, 0.2) is 47.4 Å². The van der Waals surface area contributed by atoms with E-state index in [1.54, 1.807) is 42.5 Å². The lowest BCUT2D eigenvalue weighted by Crippen LogP contribution is -2.21. The van der Waals surface area contributed by atoms with Gasteiger partial charge in [0.2, 0.25) is 0 Å². The first-order valence-electron chi connectivity index (χ1n) is 9.54. The number of carbonyl (C=O) groups is 3. The summed E-state index contributed by atoms with van der Waals surface area (Å²) in [5.41, 5.74) is 0.957. The number of benzene rings is 2. The molecule has 0 aliphatic carbocycles. The van der Waals surface area contributed by atoms with E-state index in [1.807, 2.05) is 6.07 Å². The number of para-hydroxylation sites is 1. The van der Waals surface area contributed by atoms with Crippen LogP contribution in [0.25, 0.3) is 0 Å². The van der Waals surface area contributed by atoms with Gasteiger partial charge in [-0.25, -0.2) is 0 Å². The molecule has 0 unspecified atom stereocenters. The van der Waals surface area contributed by atoms with Crippen LogP contribution >= 0.6 is 11.8 Å². The molecular formula is C22H20N2O6S. The molecule has 0 aromatic heterocycles. The molecule has 31 heavy (non-hydrogen) atoms. The van der Waals surface area contributed by atoms with Gasteiger partial charge in [0, 0.05) is 16.9 Å². The third kappa shape index (κ3) is 6.49. The number of nitrogens with one attached hydrogen (secondary N) is 1. The minimum atomic E-state index is -0.645. The van der Waals surface area contributed by atoms with Crippen molar-refractivity contribution in [3.05, 3.63) is 48.0 Å². The molecule has 2 aromatic rings. The summed E-state index contributed by atoms with van der Waals surface area (Å²) in [5.74, 6) is -0.0453. The second-order valence-corrected chi connectivity index (χ2v) is 7.45. The fraction of sp³-hybridized carbons (Fsp3) is 0.273. The number of Topliss-reactive ketones (excluding diaryl/α,β-unsaturated/α-hetero) is 1. The largest absolute Gasteiger partial charge is 0.486 e. The Bertz CT molecular complexity index is 1020. The number of carbonyl (C=O) groups excluding carboxylic acids is 3.